The predicted octanol–water partition coefficient (Wildman–Crippen LogP) is 4.86. The van der Waals surface area contributed by atoms with E-state index in [2.05, 4.69) is 20.3 Å². The molecule has 0 bridgehead atoms. The number of nitrogens with zero attached hydrogens (tertiary/aromatic N) is 4. The van der Waals surface area contributed by atoms with E-state index >= 15 is 0 Å². The highest BCUT2D eigenvalue weighted by Crippen LogP contribution is 2.29. The first-order chi connectivity index (χ1) is 16.5. The number of fused-ring (bicyclic) bond motifs is 1. The van der Waals surface area contributed by atoms with E-state index in [4.69, 9.17) is 11.6 Å². The summed E-state index contributed by atoms with van der Waals surface area (Å²) in [5.41, 5.74) is 2.78. The highest BCUT2D eigenvalue weighted by molar-refractivity contribution is 6.30. The zero-order valence-electron chi connectivity index (χ0n) is 18.2. The van der Waals surface area contributed by atoms with Gasteiger partial charge in [0.25, 0.3) is 0 Å². The molecular weight excluding hydrogens is 460 g/mol. The molecule has 3 heterocycles. The van der Waals surface area contributed by atoms with Crippen LogP contribution < -0.4 is 10.2 Å². The van der Waals surface area contributed by atoms with E-state index in [1.54, 1.807) is 16.9 Å². The standard InChI is InChI=1S/C25H22ClF2N5O/c26-19-5-1-3-16(11-19)22-13-23-24(29-8-10-33(23)31-22)32-9-2-4-18(15-32)25(34)30-14-17-6-7-20(27)12-21(17)28/h1,3,5-8,10-13,18H,2,4,9,14-15H2,(H,30,34)/t18-/m1/s1. The third-order valence-corrected chi connectivity index (χ3v) is 6.28. The monoisotopic (exact) mass is 481 g/mol. The van der Waals surface area contributed by atoms with Gasteiger partial charge < -0.3 is 10.2 Å². The van der Waals surface area contributed by atoms with Gasteiger partial charge in [-0.15, -0.1) is 0 Å². The van der Waals surface area contributed by atoms with E-state index in [0.29, 0.717) is 11.6 Å². The molecule has 1 amide bonds. The van der Waals surface area contributed by atoms with Gasteiger partial charge in [0.1, 0.15) is 17.2 Å². The van der Waals surface area contributed by atoms with Crippen LogP contribution in [0.5, 0.6) is 0 Å². The van der Waals surface area contributed by atoms with Crippen LogP contribution >= 0.6 is 11.6 Å². The first kappa shape index (κ1) is 22.3. The Morgan fingerprint density at radius 3 is 2.88 bits per heavy atom. The Kier molecular flexibility index (Phi) is 6.15. The van der Waals surface area contributed by atoms with Crippen molar-refractivity contribution in [1.29, 1.82) is 0 Å². The first-order valence-corrected chi connectivity index (χ1v) is 11.4. The number of rotatable bonds is 5. The fourth-order valence-electron chi connectivity index (χ4n) is 4.32. The Morgan fingerprint density at radius 1 is 1.18 bits per heavy atom. The number of carbonyl (C=O) groups is 1. The molecule has 0 aliphatic carbocycles. The molecular formula is C25H22ClF2N5O. The van der Waals surface area contributed by atoms with Crippen LogP contribution in [0.15, 0.2) is 60.9 Å². The average molecular weight is 482 g/mol. The topological polar surface area (TPSA) is 62.5 Å². The van der Waals surface area contributed by atoms with Gasteiger partial charge in [-0.05, 0) is 37.1 Å². The molecule has 4 aromatic rings. The van der Waals surface area contributed by atoms with Gasteiger partial charge in [-0.2, -0.15) is 5.10 Å². The summed E-state index contributed by atoms with van der Waals surface area (Å²) in [6, 6.07) is 12.8. The first-order valence-electron chi connectivity index (χ1n) is 11.0. The Balaban J connectivity index is 1.33. The predicted molar refractivity (Wildman–Crippen MR) is 127 cm³/mol. The van der Waals surface area contributed by atoms with E-state index in [-0.39, 0.29) is 23.9 Å². The van der Waals surface area contributed by atoms with Crippen molar-refractivity contribution in [3.05, 3.63) is 83.1 Å². The molecule has 0 saturated carbocycles. The summed E-state index contributed by atoms with van der Waals surface area (Å²) in [7, 11) is 0. The molecule has 9 heteroatoms. The zero-order valence-corrected chi connectivity index (χ0v) is 19.0. The molecule has 1 aliphatic heterocycles. The molecule has 0 radical (unpaired) electrons. The van der Waals surface area contributed by atoms with Crippen LogP contribution in [0.25, 0.3) is 16.8 Å². The fraction of sp³-hybridized carbons (Fsp3) is 0.240. The van der Waals surface area contributed by atoms with E-state index in [1.165, 1.54) is 12.1 Å². The van der Waals surface area contributed by atoms with E-state index in [9.17, 15) is 13.6 Å². The SMILES string of the molecule is O=C(NCc1ccc(F)cc1F)[C@@H]1CCCN(c2nccn3nc(-c4cccc(Cl)c4)cc23)C1. The molecule has 0 spiro atoms. The van der Waals surface area contributed by atoms with Gasteiger partial charge in [0.05, 0.1) is 11.6 Å². The van der Waals surface area contributed by atoms with Crippen molar-refractivity contribution in [2.75, 3.05) is 18.0 Å². The van der Waals surface area contributed by atoms with Crippen molar-refractivity contribution in [3.8, 4) is 11.3 Å². The number of piperidine rings is 1. The molecule has 34 heavy (non-hydrogen) atoms. The highest BCUT2D eigenvalue weighted by atomic mass is 35.5. The summed E-state index contributed by atoms with van der Waals surface area (Å²) in [6.45, 7) is 1.27. The Bertz CT molecular complexity index is 1360. The molecule has 0 unspecified atom stereocenters. The summed E-state index contributed by atoms with van der Waals surface area (Å²) in [4.78, 5) is 19.5. The molecule has 1 saturated heterocycles. The maximum Gasteiger partial charge on any atom is 0.225 e. The Labute approximate surface area is 200 Å². The smallest absolute Gasteiger partial charge is 0.225 e. The third kappa shape index (κ3) is 4.59. The van der Waals surface area contributed by atoms with Gasteiger partial charge in [-0.3, -0.25) is 4.79 Å². The molecule has 1 N–H and O–H groups in total. The van der Waals surface area contributed by atoms with Gasteiger partial charge in [-0.1, -0.05) is 29.8 Å². The Morgan fingerprint density at radius 2 is 2.06 bits per heavy atom. The number of anilines is 1. The zero-order chi connectivity index (χ0) is 23.7. The van der Waals surface area contributed by atoms with Crippen LogP contribution in [0.3, 0.4) is 0 Å². The lowest BCUT2D eigenvalue weighted by Crippen LogP contribution is -2.43. The largest absolute Gasteiger partial charge is 0.354 e. The average Bonchev–Trinajstić information content (AvgIpc) is 3.28. The van der Waals surface area contributed by atoms with Crippen LogP contribution in [-0.2, 0) is 11.3 Å². The molecule has 5 rings (SSSR count). The van der Waals surface area contributed by atoms with Crippen LogP contribution in [0, 0.1) is 17.6 Å². The molecule has 2 aromatic carbocycles. The van der Waals surface area contributed by atoms with Gasteiger partial charge in [0.15, 0.2) is 5.82 Å². The van der Waals surface area contributed by atoms with Gasteiger partial charge >= 0.3 is 0 Å². The van der Waals surface area contributed by atoms with Crippen LogP contribution in [0.2, 0.25) is 5.02 Å². The van der Waals surface area contributed by atoms with Gasteiger partial charge in [0, 0.05) is 54.2 Å². The molecule has 1 fully saturated rings. The lowest BCUT2D eigenvalue weighted by Gasteiger charge is -2.33. The molecule has 6 nitrogen and oxygen atoms in total. The number of nitrogens with one attached hydrogen (secondary N) is 1. The van der Waals surface area contributed by atoms with E-state index in [1.807, 2.05) is 30.3 Å². The second-order valence-corrected chi connectivity index (χ2v) is 8.80. The number of aromatic nitrogens is 3. The second kappa shape index (κ2) is 9.38. The number of hydrogen-bond donors (Lipinski definition) is 1. The minimum atomic E-state index is -0.669. The number of hydrogen-bond acceptors (Lipinski definition) is 4. The van der Waals surface area contributed by atoms with Crippen LogP contribution in [0.1, 0.15) is 18.4 Å². The highest BCUT2D eigenvalue weighted by Gasteiger charge is 2.28. The van der Waals surface area contributed by atoms with Crippen molar-refractivity contribution in [2.45, 2.75) is 19.4 Å². The summed E-state index contributed by atoms with van der Waals surface area (Å²) < 4.78 is 28.8. The molecule has 2 aromatic heterocycles. The van der Waals surface area contributed by atoms with Crippen molar-refractivity contribution in [1.82, 2.24) is 19.9 Å². The second-order valence-electron chi connectivity index (χ2n) is 8.36. The lowest BCUT2D eigenvalue weighted by molar-refractivity contribution is -0.125. The van der Waals surface area contributed by atoms with Crippen molar-refractivity contribution in [3.63, 3.8) is 0 Å². The quantitative estimate of drug-likeness (QED) is 0.442. The number of halogens is 3. The maximum absolute atomic E-state index is 13.9. The normalized spacial score (nSPS) is 16.1. The summed E-state index contributed by atoms with van der Waals surface area (Å²) in [5.74, 6) is -0.984. The number of benzene rings is 2. The van der Waals surface area contributed by atoms with E-state index in [0.717, 1.165) is 48.0 Å². The van der Waals surface area contributed by atoms with Crippen molar-refractivity contribution in [2.24, 2.45) is 5.92 Å². The minimum absolute atomic E-state index is 0.0148. The van der Waals surface area contributed by atoms with Crippen LogP contribution in [0.4, 0.5) is 14.6 Å². The molecule has 1 atom stereocenters. The summed E-state index contributed by atoms with van der Waals surface area (Å²) in [6.07, 6.45) is 5.03. The summed E-state index contributed by atoms with van der Waals surface area (Å²) in [5, 5.41) is 8.09. The minimum Gasteiger partial charge on any atom is -0.354 e. The molecule has 1 aliphatic rings. The Hall–Kier alpha value is -3.52. The van der Waals surface area contributed by atoms with Gasteiger partial charge in [-0.25, -0.2) is 18.3 Å². The summed E-state index contributed by atoms with van der Waals surface area (Å²) >= 11 is 6.14. The number of carbonyl (C=O) groups excluding carboxylic acids is 1. The lowest BCUT2D eigenvalue weighted by atomic mass is 9.97. The number of amides is 1. The van der Waals surface area contributed by atoms with Crippen molar-refractivity contribution >= 4 is 28.8 Å². The van der Waals surface area contributed by atoms with Gasteiger partial charge in [0.2, 0.25) is 5.91 Å². The van der Waals surface area contributed by atoms with Crippen molar-refractivity contribution < 1.29 is 13.6 Å². The maximum atomic E-state index is 13.9. The molecule has 174 valence electrons. The third-order valence-electron chi connectivity index (χ3n) is 6.05. The van der Waals surface area contributed by atoms with E-state index < -0.39 is 11.6 Å². The fourth-order valence-corrected chi connectivity index (χ4v) is 4.51. The van der Waals surface area contributed by atoms with Crippen LogP contribution in [-0.4, -0.2) is 33.6 Å².